The fraction of sp³-hybridized carbons (Fsp3) is 0.188. The van der Waals surface area contributed by atoms with Crippen molar-refractivity contribution in [3.63, 3.8) is 0 Å². The third-order valence-corrected chi connectivity index (χ3v) is 3.54. The molecule has 20 heavy (non-hydrogen) atoms. The van der Waals surface area contributed by atoms with Crippen molar-refractivity contribution in [3.8, 4) is 5.75 Å². The lowest BCUT2D eigenvalue weighted by Gasteiger charge is -2.11. The number of ether oxygens (including phenoxy) is 1. The Morgan fingerprint density at radius 1 is 1.20 bits per heavy atom. The Kier molecular flexibility index (Phi) is 4.79. The van der Waals surface area contributed by atoms with E-state index in [4.69, 9.17) is 4.74 Å². The zero-order chi connectivity index (χ0) is 14.5. The van der Waals surface area contributed by atoms with Crippen LogP contribution in [0.1, 0.15) is 11.1 Å². The first-order valence-electron chi connectivity index (χ1n) is 6.30. The largest absolute Gasteiger partial charge is 0.484 e. The Labute approximate surface area is 127 Å². The Balaban J connectivity index is 1.94. The van der Waals surface area contributed by atoms with Gasteiger partial charge in [-0.2, -0.15) is 0 Å². The number of nitrogens with one attached hydrogen (secondary N) is 1. The van der Waals surface area contributed by atoms with E-state index in [1.807, 2.05) is 56.3 Å². The molecule has 0 saturated carbocycles. The summed E-state index contributed by atoms with van der Waals surface area (Å²) in [6.45, 7) is 3.99. The molecule has 2 aromatic rings. The molecule has 0 aliphatic carbocycles. The summed E-state index contributed by atoms with van der Waals surface area (Å²) in [6, 6.07) is 13.2. The van der Waals surface area contributed by atoms with Crippen molar-refractivity contribution in [2.75, 3.05) is 11.9 Å². The Morgan fingerprint density at radius 3 is 2.70 bits per heavy atom. The number of anilines is 1. The minimum Gasteiger partial charge on any atom is -0.484 e. The first-order valence-corrected chi connectivity index (χ1v) is 7.10. The minimum atomic E-state index is -0.168. The van der Waals surface area contributed by atoms with Crippen molar-refractivity contribution < 1.29 is 9.53 Å². The van der Waals surface area contributed by atoms with Gasteiger partial charge in [0.05, 0.1) is 0 Å². The maximum absolute atomic E-state index is 11.9. The summed E-state index contributed by atoms with van der Waals surface area (Å²) in [6.07, 6.45) is 0. The lowest BCUT2D eigenvalue weighted by molar-refractivity contribution is -0.118. The van der Waals surface area contributed by atoms with Gasteiger partial charge in [0.2, 0.25) is 0 Å². The number of benzene rings is 2. The number of carbonyl (C=O) groups is 1. The van der Waals surface area contributed by atoms with Crippen molar-refractivity contribution in [1.29, 1.82) is 0 Å². The first-order chi connectivity index (χ1) is 9.56. The molecule has 2 aromatic carbocycles. The van der Waals surface area contributed by atoms with Gasteiger partial charge < -0.3 is 10.1 Å². The molecule has 1 amide bonds. The van der Waals surface area contributed by atoms with Crippen LogP contribution in [0.5, 0.6) is 5.75 Å². The van der Waals surface area contributed by atoms with Crippen LogP contribution in [0.3, 0.4) is 0 Å². The second-order valence-electron chi connectivity index (χ2n) is 4.54. The van der Waals surface area contributed by atoms with Crippen LogP contribution in [0.15, 0.2) is 46.9 Å². The van der Waals surface area contributed by atoms with Crippen LogP contribution in [0.2, 0.25) is 0 Å². The predicted octanol–water partition coefficient (Wildman–Crippen LogP) is 4.08. The van der Waals surface area contributed by atoms with E-state index in [2.05, 4.69) is 21.2 Å². The van der Waals surface area contributed by atoms with E-state index in [9.17, 15) is 4.79 Å². The molecule has 3 nitrogen and oxygen atoms in total. The van der Waals surface area contributed by atoms with Gasteiger partial charge in [-0.25, -0.2) is 0 Å². The van der Waals surface area contributed by atoms with Gasteiger partial charge in [-0.15, -0.1) is 0 Å². The summed E-state index contributed by atoms with van der Waals surface area (Å²) in [5.74, 6) is 0.495. The highest BCUT2D eigenvalue weighted by Crippen LogP contribution is 2.19. The minimum absolute atomic E-state index is 0.0101. The van der Waals surface area contributed by atoms with Crippen LogP contribution in [-0.2, 0) is 4.79 Å². The Morgan fingerprint density at radius 2 is 1.95 bits per heavy atom. The summed E-state index contributed by atoms with van der Waals surface area (Å²) in [5.41, 5.74) is 3.05. The highest BCUT2D eigenvalue weighted by Gasteiger charge is 2.07. The number of hydrogen-bond donors (Lipinski definition) is 1. The van der Waals surface area contributed by atoms with Gasteiger partial charge in [-0.1, -0.05) is 34.1 Å². The zero-order valence-corrected chi connectivity index (χ0v) is 13.0. The molecule has 0 atom stereocenters. The van der Waals surface area contributed by atoms with E-state index >= 15 is 0 Å². The van der Waals surface area contributed by atoms with Crippen molar-refractivity contribution in [2.45, 2.75) is 13.8 Å². The summed E-state index contributed by atoms with van der Waals surface area (Å²) >= 11 is 3.36. The molecule has 0 heterocycles. The van der Waals surface area contributed by atoms with Crippen molar-refractivity contribution >= 4 is 27.5 Å². The maximum Gasteiger partial charge on any atom is 0.262 e. The quantitative estimate of drug-likeness (QED) is 0.915. The summed E-state index contributed by atoms with van der Waals surface area (Å²) in [5, 5.41) is 2.86. The summed E-state index contributed by atoms with van der Waals surface area (Å²) in [7, 11) is 0. The van der Waals surface area contributed by atoms with E-state index in [0.717, 1.165) is 21.3 Å². The molecule has 0 aliphatic rings. The summed E-state index contributed by atoms with van der Waals surface area (Å²) < 4.78 is 6.37. The number of halogens is 1. The van der Waals surface area contributed by atoms with Crippen LogP contribution < -0.4 is 10.1 Å². The van der Waals surface area contributed by atoms with E-state index in [1.165, 1.54) is 0 Å². The average Bonchev–Trinajstić information content (AvgIpc) is 2.42. The second-order valence-corrected chi connectivity index (χ2v) is 5.46. The first kappa shape index (κ1) is 14.6. The molecule has 4 heteroatoms. The molecule has 0 aliphatic heterocycles. The van der Waals surface area contributed by atoms with Crippen molar-refractivity contribution in [1.82, 2.24) is 0 Å². The molecule has 1 N–H and O–H groups in total. The highest BCUT2D eigenvalue weighted by atomic mass is 79.9. The zero-order valence-electron chi connectivity index (χ0n) is 11.4. The smallest absolute Gasteiger partial charge is 0.262 e. The van der Waals surface area contributed by atoms with Crippen LogP contribution >= 0.6 is 15.9 Å². The lowest BCUT2D eigenvalue weighted by Crippen LogP contribution is -2.20. The number of aryl methyl sites for hydroxylation is 1. The standard InChI is InChI=1S/C16H16BrNO2/c1-11-5-3-8-15(12(11)2)18-16(19)10-20-14-7-4-6-13(17)9-14/h3-9H,10H2,1-2H3,(H,18,19). The van der Waals surface area contributed by atoms with Gasteiger partial charge in [0.1, 0.15) is 5.75 Å². The van der Waals surface area contributed by atoms with E-state index in [0.29, 0.717) is 5.75 Å². The molecular weight excluding hydrogens is 318 g/mol. The lowest BCUT2D eigenvalue weighted by atomic mass is 10.1. The SMILES string of the molecule is Cc1cccc(NC(=O)COc2cccc(Br)c2)c1C. The van der Waals surface area contributed by atoms with Crippen LogP contribution in [0.4, 0.5) is 5.69 Å². The topological polar surface area (TPSA) is 38.3 Å². The molecular formula is C16H16BrNO2. The van der Waals surface area contributed by atoms with Crippen molar-refractivity contribution in [2.24, 2.45) is 0 Å². The third kappa shape index (κ3) is 3.84. The van der Waals surface area contributed by atoms with Crippen LogP contribution in [0, 0.1) is 13.8 Å². The molecule has 0 saturated heterocycles. The molecule has 0 unspecified atom stereocenters. The fourth-order valence-electron chi connectivity index (χ4n) is 1.78. The molecule has 2 rings (SSSR count). The number of amides is 1. The van der Waals surface area contributed by atoms with Gasteiger partial charge >= 0.3 is 0 Å². The van der Waals surface area contributed by atoms with Gasteiger partial charge in [-0.05, 0) is 49.2 Å². The monoisotopic (exact) mass is 333 g/mol. The molecule has 0 spiro atoms. The Hall–Kier alpha value is -1.81. The van der Waals surface area contributed by atoms with Gasteiger partial charge in [0.15, 0.2) is 6.61 Å². The van der Waals surface area contributed by atoms with E-state index < -0.39 is 0 Å². The molecule has 0 aromatic heterocycles. The average molecular weight is 334 g/mol. The second kappa shape index (κ2) is 6.57. The maximum atomic E-state index is 11.9. The normalized spacial score (nSPS) is 10.2. The fourth-order valence-corrected chi connectivity index (χ4v) is 2.16. The van der Waals surface area contributed by atoms with Crippen LogP contribution in [0.25, 0.3) is 0 Å². The highest BCUT2D eigenvalue weighted by molar-refractivity contribution is 9.10. The third-order valence-electron chi connectivity index (χ3n) is 3.04. The predicted molar refractivity (Wildman–Crippen MR) is 84.2 cm³/mol. The number of hydrogen-bond acceptors (Lipinski definition) is 2. The van der Waals surface area contributed by atoms with Gasteiger partial charge in [-0.3, -0.25) is 4.79 Å². The molecule has 0 radical (unpaired) electrons. The van der Waals surface area contributed by atoms with Gasteiger partial charge in [0, 0.05) is 10.2 Å². The van der Waals surface area contributed by atoms with Gasteiger partial charge in [0.25, 0.3) is 5.91 Å². The van der Waals surface area contributed by atoms with Crippen molar-refractivity contribution in [3.05, 3.63) is 58.1 Å². The molecule has 0 fully saturated rings. The Bertz CT molecular complexity index is 626. The molecule has 0 bridgehead atoms. The molecule has 104 valence electrons. The van der Waals surface area contributed by atoms with Crippen LogP contribution in [-0.4, -0.2) is 12.5 Å². The van der Waals surface area contributed by atoms with E-state index in [1.54, 1.807) is 0 Å². The number of rotatable bonds is 4. The summed E-state index contributed by atoms with van der Waals surface area (Å²) in [4.78, 5) is 11.9. The number of carbonyl (C=O) groups excluding carboxylic acids is 1. The van der Waals surface area contributed by atoms with E-state index in [-0.39, 0.29) is 12.5 Å².